The Morgan fingerprint density at radius 3 is 2.00 bits per heavy atom. The summed E-state index contributed by atoms with van der Waals surface area (Å²) in [6.07, 6.45) is 0. The third-order valence-electron chi connectivity index (χ3n) is 7.38. The Labute approximate surface area is 235 Å². The largest absolute Gasteiger partial charge is 0.492 e. The van der Waals surface area contributed by atoms with Crippen molar-refractivity contribution in [2.24, 2.45) is 0 Å². The van der Waals surface area contributed by atoms with Crippen LogP contribution in [0.25, 0.3) is 33.4 Å². The maximum atomic E-state index is 6.16. The lowest BCUT2D eigenvalue weighted by Gasteiger charge is -2.26. The molecule has 3 heterocycles. The van der Waals surface area contributed by atoms with E-state index < -0.39 is 0 Å². The second-order valence-electron chi connectivity index (χ2n) is 10.1. The summed E-state index contributed by atoms with van der Waals surface area (Å²) < 4.78 is 23.1. The molecule has 0 saturated carbocycles. The molecule has 6 rings (SSSR count). The first kappa shape index (κ1) is 26.7. The second kappa shape index (κ2) is 13.2. The minimum atomic E-state index is 0.566. The van der Waals surface area contributed by atoms with Gasteiger partial charge in [-0.05, 0) is 29.0 Å². The molecule has 1 aromatic heterocycles. The van der Waals surface area contributed by atoms with Gasteiger partial charge in [0.1, 0.15) is 19.0 Å². The molecule has 0 bridgehead atoms. The maximum Gasteiger partial charge on any atom is 0.217 e. The van der Waals surface area contributed by atoms with Gasteiger partial charge in [0.15, 0.2) is 5.82 Å². The van der Waals surface area contributed by atoms with Crippen LogP contribution in [0.5, 0.6) is 11.6 Å². The summed E-state index contributed by atoms with van der Waals surface area (Å²) in [5.74, 6) is 2.11. The highest BCUT2D eigenvalue weighted by atomic mass is 16.5. The van der Waals surface area contributed by atoms with Gasteiger partial charge in [-0.1, -0.05) is 48.5 Å². The van der Waals surface area contributed by atoms with Gasteiger partial charge in [0.2, 0.25) is 5.88 Å². The van der Waals surface area contributed by atoms with Gasteiger partial charge in [-0.15, -0.1) is 0 Å². The second-order valence-corrected chi connectivity index (χ2v) is 10.1. The normalized spacial score (nSPS) is 16.7. The Morgan fingerprint density at radius 2 is 1.27 bits per heavy atom. The summed E-state index contributed by atoms with van der Waals surface area (Å²) >= 11 is 0. The molecule has 0 unspecified atom stereocenters. The minimum Gasteiger partial charge on any atom is -0.492 e. The first-order valence-electron chi connectivity index (χ1n) is 14.1. The van der Waals surface area contributed by atoms with Crippen LogP contribution in [0.2, 0.25) is 0 Å². The third-order valence-corrected chi connectivity index (χ3v) is 7.38. The van der Waals surface area contributed by atoms with Crippen LogP contribution in [0.15, 0.2) is 72.8 Å². The van der Waals surface area contributed by atoms with Gasteiger partial charge in [0.25, 0.3) is 0 Å². The van der Waals surface area contributed by atoms with E-state index >= 15 is 0 Å². The van der Waals surface area contributed by atoms with Gasteiger partial charge in [0, 0.05) is 56.5 Å². The molecule has 40 heavy (non-hydrogen) atoms. The van der Waals surface area contributed by atoms with E-state index in [1.807, 2.05) is 30.3 Å². The number of morpholine rings is 2. The molecular weight excluding hydrogens is 504 g/mol. The van der Waals surface area contributed by atoms with Crippen molar-refractivity contribution in [1.82, 2.24) is 19.8 Å². The van der Waals surface area contributed by atoms with E-state index in [1.54, 1.807) is 0 Å². The van der Waals surface area contributed by atoms with Crippen molar-refractivity contribution in [3.63, 3.8) is 0 Å². The van der Waals surface area contributed by atoms with Crippen LogP contribution in [0, 0.1) is 0 Å². The predicted octanol–water partition coefficient (Wildman–Crippen LogP) is 4.39. The van der Waals surface area contributed by atoms with Crippen molar-refractivity contribution in [2.45, 2.75) is 0 Å². The molecule has 0 amide bonds. The van der Waals surface area contributed by atoms with Gasteiger partial charge in [0.05, 0.1) is 32.1 Å². The lowest BCUT2D eigenvalue weighted by molar-refractivity contribution is 0.0320. The number of hydrogen-bond donors (Lipinski definition) is 0. The van der Waals surface area contributed by atoms with E-state index in [0.717, 1.165) is 99.0 Å². The van der Waals surface area contributed by atoms with E-state index in [4.69, 9.17) is 28.9 Å². The Bertz CT molecular complexity index is 1390. The molecule has 0 atom stereocenters. The third kappa shape index (κ3) is 6.95. The predicted molar refractivity (Wildman–Crippen MR) is 156 cm³/mol. The van der Waals surface area contributed by atoms with Crippen LogP contribution in [-0.4, -0.2) is 98.7 Å². The number of aromatic nitrogens is 2. The average Bonchev–Trinajstić information content (AvgIpc) is 3.02. The molecule has 4 aromatic rings. The summed E-state index contributed by atoms with van der Waals surface area (Å²) in [5, 5.41) is 2.23. The van der Waals surface area contributed by atoms with E-state index in [2.05, 4.69) is 52.3 Å². The average molecular weight is 541 g/mol. The molecule has 2 saturated heterocycles. The van der Waals surface area contributed by atoms with E-state index in [-0.39, 0.29) is 0 Å². The summed E-state index contributed by atoms with van der Waals surface area (Å²) in [4.78, 5) is 14.5. The van der Waals surface area contributed by atoms with Crippen molar-refractivity contribution in [3.8, 4) is 34.3 Å². The van der Waals surface area contributed by atoms with Gasteiger partial charge < -0.3 is 18.9 Å². The Balaban J connectivity index is 1.18. The topological polar surface area (TPSA) is 69.2 Å². The number of nitrogens with zero attached hydrogens (tertiary/aromatic N) is 4. The van der Waals surface area contributed by atoms with Crippen LogP contribution in [-0.2, 0) is 9.47 Å². The van der Waals surface area contributed by atoms with Crippen LogP contribution in [0.4, 0.5) is 0 Å². The molecule has 2 fully saturated rings. The smallest absolute Gasteiger partial charge is 0.217 e. The van der Waals surface area contributed by atoms with E-state index in [9.17, 15) is 0 Å². The number of hydrogen-bond acceptors (Lipinski definition) is 8. The highest BCUT2D eigenvalue weighted by Gasteiger charge is 2.14. The van der Waals surface area contributed by atoms with Crippen LogP contribution in [0.3, 0.4) is 0 Å². The minimum absolute atomic E-state index is 0.566. The van der Waals surface area contributed by atoms with Crippen molar-refractivity contribution >= 4 is 10.8 Å². The molecule has 0 spiro atoms. The number of ether oxygens (including phenoxy) is 4. The molecule has 0 radical (unpaired) electrons. The van der Waals surface area contributed by atoms with Crippen LogP contribution in [0.1, 0.15) is 0 Å². The zero-order valence-electron chi connectivity index (χ0n) is 22.8. The summed E-state index contributed by atoms with van der Waals surface area (Å²) in [7, 11) is 0. The fourth-order valence-corrected chi connectivity index (χ4v) is 5.06. The molecule has 0 aliphatic carbocycles. The van der Waals surface area contributed by atoms with Crippen molar-refractivity contribution in [2.75, 3.05) is 78.9 Å². The molecular formula is C32H36N4O4. The lowest BCUT2D eigenvalue weighted by Crippen LogP contribution is -2.38. The maximum absolute atomic E-state index is 6.16. The zero-order valence-corrected chi connectivity index (χ0v) is 22.8. The number of rotatable bonds is 10. The molecule has 2 aliphatic heterocycles. The Morgan fingerprint density at radius 1 is 0.625 bits per heavy atom. The Hall–Kier alpha value is -3.56. The van der Waals surface area contributed by atoms with Gasteiger partial charge in [-0.25, -0.2) is 4.98 Å². The van der Waals surface area contributed by atoms with Gasteiger partial charge in [-0.2, -0.15) is 4.98 Å². The fourth-order valence-electron chi connectivity index (χ4n) is 5.06. The van der Waals surface area contributed by atoms with E-state index in [1.165, 1.54) is 0 Å². The molecule has 3 aromatic carbocycles. The first-order chi connectivity index (χ1) is 19.8. The molecule has 8 nitrogen and oxygen atoms in total. The highest BCUT2D eigenvalue weighted by molar-refractivity contribution is 5.87. The molecule has 0 N–H and O–H groups in total. The molecule has 8 heteroatoms. The van der Waals surface area contributed by atoms with Gasteiger partial charge in [-0.3, -0.25) is 9.80 Å². The standard InChI is InChI=1S/C32H36N4O4/c1-2-4-25(5-3-1)30-24-31(40-21-15-36-12-18-38-19-13-36)34-32(33-30)28-7-6-27-23-29(9-8-26(27)22-28)39-20-14-35-10-16-37-17-11-35/h1-9,22-24H,10-21H2. The highest BCUT2D eigenvalue weighted by Crippen LogP contribution is 2.29. The zero-order chi connectivity index (χ0) is 27.0. The fraction of sp³-hybridized carbons (Fsp3) is 0.375. The lowest BCUT2D eigenvalue weighted by atomic mass is 10.1. The summed E-state index contributed by atoms with van der Waals surface area (Å²) in [5.41, 5.74) is 2.82. The summed E-state index contributed by atoms with van der Waals surface area (Å²) in [6.45, 7) is 9.96. The first-order valence-corrected chi connectivity index (χ1v) is 14.1. The molecule has 2 aliphatic rings. The summed E-state index contributed by atoms with van der Waals surface area (Å²) in [6, 6.07) is 24.6. The van der Waals surface area contributed by atoms with Crippen LogP contribution >= 0.6 is 0 Å². The van der Waals surface area contributed by atoms with Gasteiger partial charge >= 0.3 is 0 Å². The van der Waals surface area contributed by atoms with Crippen molar-refractivity contribution in [3.05, 3.63) is 72.8 Å². The van der Waals surface area contributed by atoms with Crippen LogP contribution < -0.4 is 9.47 Å². The van der Waals surface area contributed by atoms with Crippen molar-refractivity contribution < 1.29 is 18.9 Å². The quantitative estimate of drug-likeness (QED) is 0.294. The molecule has 208 valence electrons. The number of fused-ring (bicyclic) bond motifs is 1. The SMILES string of the molecule is c1ccc(-c2cc(OCCN3CCOCC3)nc(-c3ccc4cc(OCCN5CCOCC5)ccc4c3)n2)cc1. The number of benzene rings is 3. The van der Waals surface area contributed by atoms with E-state index in [0.29, 0.717) is 24.9 Å². The van der Waals surface area contributed by atoms with Crippen molar-refractivity contribution in [1.29, 1.82) is 0 Å². The monoisotopic (exact) mass is 540 g/mol. The Kier molecular flexibility index (Phi) is 8.79.